The molecule has 0 saturated heterocycles. The normalized spacial score (nSPS) is 11.3. The molecule has 0 N–H and O–H groups in total. The zero-order valence-corrected chi connectivity index (χ0v) is 22.1. The molecule has 206 valence electrons. The molecule has 0 bridgehead atoms. The third-order valence-electron chi connectivity index (χ3n) is 7.05. The van der Waals surface area contributed by atoms with Crippen molar-refractivity contribution in [2.24, 2.45) is 0 Å². The number of rotatable bonds is 13. The van der Waals surface area contributed by atoms with Gasteiger partial charge in [-0.05, 0) is 77.9 Å². The van der Waals surface area contributed by atoms with E-state index in [1.54, 1.807) is 30.3 Å². The summed E-state index contributed by atoms with van der Waals surface area (Å²) in [6, 6.07) is 15.7. The molecule has 0 spiro atoms. The van der Waals surface area contributed by atoms with E-state index in [9.17, 15) is 17.6 Å². The van der Waals surface area contributed by atoms with Crippen LogP contribution in [-0.4, -0.2) is 6.61 Å². The number of ether oxygens (including phenoxy) is 1. The molecule has 0 amide bonds. The molecule has 4 aromatic carbocycles. The van der Waals surface area contributed by atoms with Crippen LogP contribution in [0.1, 0.15) is 61.3 Å². The Hall–Kier alpha value is -3.41. The summed E-state index contributed by atoms with van der Waals surface area (Å²) in [5.41, 5.74) is 2.22. The average molecular weight is 541 g/mol. The summed E-state index contributed by atoms with van der Waals surface area (Å²) in [7, 11) is 0. The first-order valence-corrected chi connectivity index (χ1v) is 13.6. The lowest BCUT2D eigenvalue weighted by atomic mass is 9.97. The summed E-state index contributed by atoms with van der Waals surface area (Å²) < 4.78 is 75.6. The zero-order chi connectivity index (χ0) is 27.8. The minimum Gasteiger partial charge on any atom is -0.493 e. The lowest BCUT2D eigenvalue weighted by molar-refractivity contribution is 0.303. The van der Waals surface area contributed by atoms with Crippen LogP contribution in [0.2, 0.25) is 0 Å². The molecule has 0 radical (unpaired) electrons. The standard InChI is InChI=1S/C33H33F5O/c1-2-3-4-5-6-17-39-27-15-14-24(29(34)21-27)10-7-22-9-16-28-26(18-22)13-12-25(32(28)37)11-8-23-19-30(35)33(38)31(36)20-23/h9,12-16,18-21H,2-8,10-11,17H2,1H3. The highest BCUT2D eigenvalue weighted by Gasteiger charge is 2.13. The van der Waals surface area contributed by atoms with Crippen LogP contribution in [0.5, 0.6) is 5.75 Å². The molecular formula is C33H33F5O. The molecule has 4 aromatic rings. The van der Waals surface area contributed by atoms with Crippen molar-refractivity contribution in [1.82, 2.24) is 0 Å². The van der Waals surface area contributed by atoms with E-state index in [2.05, 4.69) is 6.92 Å². The van der Waals surface area contributed by atoms with E-state index in [1.165, 1.54) is 25.3 Å². The molecule has 0 aromatic heterocycles. The smallest absolute Gasteiger partial charge is 0.194 e. The summed E-state index contributed by atoms with van der Waals surface area (Å²) >= 11 is 0. The van der Waals surface area contributed by atoms with Crippen LogP contribution in [-0.2, 0) is 25.7 Å². The Morgan fingerprint density at radius 1 is 0.564 bits per heavy atom. The monoisotopic (exact) mass is 540 g/mol. The molecule has 0 fully saturated rings. The van der Waals surface area contributed by atoms with Gasteiger partial charge in [0.2, 0.25) is 0 Å². The van der Waals surface area contributed by atoms with Crippen LogP contribution < -0.4 is 4.74 Å². The average Bonchev–Trinajstić information content (AvgIpc) is 2.92. The summed E-state index contributed by atoms with van der Waals surface area (Å²) in [6.07, 6.45) is 7.16. The number of aryl methyl sites for hydroxylation is 4. The summed E-state index contributed by atoms with van der Waals surface area (Å²) in [4.78, 5) is 0. The fraction of sp³-hybridized carbons (Fsp3) is 0.333. The van der Waals surface area contributed by atoms with E-state index in [0.29, 0.717) is 41.7 Å². The van der Waals surface area contributed by atoms with Gasteiger partial charge in [0.05, 0.1) is 6.61 Å². The van der Waals surface area contributed by atoms with Crippen LogP contribution in [0.3, 0.4) is 0 Å². The first kappa shape index (κ1) is 28.6. The van der Waals surface area contributed by atoms with Crippen molar-refractivity contribution in [3.8, 4) is 5.75 Å². The quantitative estimate of drug-likeness (QED) is 0.0932. The maximum atomic E-state index is 15.2. The molecule has 0 aliphatic rings. The highest BCUT2D eigenvalue weighted by Crippen LogP contribution is 2.26. The Morgan fingerprint density at radius 2 is 1.26 bits per heavy atom. The first-order valence-electron chi connectivity index (χ1n) is 13.6. The Kier molecular flexibility index (Phi) is 9.96. The molecule has 0 saturated carbocycles. The van der Waals surface area contributed by atoms with E-state index in [0.717, 1.165) is 35.9 Å². The highest BCUT2D eigenvalue weighted by atomic mass is 19.2. The third-order valence-corrected chi connectivity index (χ3v) is 7.05. The molecule has 0 aliphatic heterocycles. The van der Waals surface area contributed by atoms with Gasteiger partial charge in [0, 0.05) is 11.5 Å². The largest absolute Gasteiger partial charge is 0.493 e. The molecule has 0 heterocycles. The number of fused-ring (bicyclic) bond motifs is 1. The van der Waals surface area contributed by atoms with E-state index in [4.69, 9.17) is 4.74 Å². The number of benzene rings is 4. The van der Waals surface area contributed by atoms with Crippen molar-refractivity contribution in [3.63, 3.8) is 0 Å². The number of hydrogen-bond acceptors (Lipinski definition) is 1. The van der Waals surface area contributed by atoms with Gasteiger partial charge in [-0.1, -0.05) is 69.0 Å². The molecule has 39 heavy (non-hydrogen) atoms. The molecule has 0 unspecified atom stereocenters. The zero-order valence-electron chi connectivity index (χ0n) is 22.1. The van der Waals surface area contributed by atoms with E-state index in [-0.39, 0.29) is 24.2 Å². The maximum Gasteiger partial charge on any atom is 0.194 e. The number of halogens is 5. The number of hydrogen-bond donors (Lipinski definition) is 0. The molecular weight excluding hydrogens is 507 g/mol. The van der Waals surface area contributed by atoms with Gasteiger partial charge in [0.25, 0.3) is 0 Å². The molecule has 4 rings (SSSR count). The second-order valence-corrected chi connectivity index (χ2v) is 9.98. The van der Waals surface area contributed by atoms with Gasteiger partial charge in [-0.2, -0.15) is 0 Å². The highest BCUT2D eigenvalue weighted by molar-refractivity contribution is 5.84. The fourth-order valence-corrected chi connectivity index (χ4v) is 4.76. The fourth-order valence-electron chi connectivity index (χ4n) is 4.76. The van der Waals surface area contributed by atoms with Crippen molar-refractivity contribution in [1.29, 1.82) is 0 Å². The molecule has 0 aliphatic carbocycles. The third kappa shape index (κ3) is 7.59. The second-order valence-electron chi connectivity index (χ2n) is 9.98. The Bertz CT molecular complexity index is 1390. The van der Waals surface area contributed by atoms with Gasteiger partial charge in [-0.3, -0.25) is 0 Å². The van der Waals surface area contributed by atoms with E-state index in [1.807, 2.05) is 12.1 Å². The van der Waals surface area contributed by atoms with Crippen molar-refractivity contribution >= 4 is 10.8 Å². The van der Waals surface area contributed by atoms with Gasteiger partial charge in [0.15, 0.2) is 17.5 Å². The van der Waals surface area contributed by atoms with Crippen LogP contribution in [0.4, 0.5) is 22.0 Å². The Morgan fingerprint density at radius 3 is 2.00 bits per heavy atom. The SMILES string of the molecule is CCCCCCCOc1ccc(CCc2ccc3c(F)c(CCc4cc(F)c(F)c(F)c4)ccc3c2)c(F)c1. The minimum atomic E-state index is -1.51. The van der Waals surface area contributed by atoms with Gasteiger partial charge in [-0.25, -0.2) is 22.0 Å². The van der Waals surface area contributed by atoms with Crippen LogP contribution in [0.15, 0.2) is 60.7 Å². The topological polar surface area (TPSA) is 9.23 Å². The molecule has 6 heteroatoms. The lowest BCUT2D eigenvalue weighted by Crippen LogP contribution is -2.00. The van der Waals surface area contributed by atoms with Crippen LogP contribution in [0, 0.1) is 29.1 Å². The van der Waals surface area contributed by atoms with Crippen molar-refractivity contribution < 1.29 is 26.7 Å². The minimum absolute atomic E-state index is 0.170. The summed E-state index contributed by atoms with van der Waals surface area (Å²) in [6.45, 7) is 2.76. The van der Waals surface area contributed by atoms with Gasteiger partial charge in [-0.15, -0.1) is 0 Å². The second kappa shape index (κ2) is 13.6. The van der Waals surface area contributed by atoms with Crippen molar-refractivity contribution in [2.45, 2.75) is 64.7 Å². The van der Waals surface area contributed by atoms with Crippen LogP contribution in [0.25, 0.3) is 10.8 Å². The lowest BCUT2D eigenvalue weighted by Gasteiger charge is -2.10. The summed E-state index contributed by atoms with van der Waals surface area (Å²) in [5.74, 6) is -4.17. The Balaban J connectivity index is 1.34. The maximum absolute atomic E-state index is 15.2. The van der Waals surface area contributed by atoms with Gasteiger partial charge >= 0.3 is 0 Å². The van der Waals surface area contributed by atoms with Gasteiger partial charge in [0.1, 0.15) is 17.4 Å². The van der Waals surface area contributed by atoms with Gasteiger partial charge < -0.3 is 4.74 Å². The molecule has 1 nitrogen and oxygen atoms in total. The summed E-state index contributed by atoms with van der Waals surface area (Å²) in [5, 5.41) is 1.16. The van der Waals surface area contributed by atoms with E-state index >= 15 is 4.39 Å². The van der Waals surface area contributed by atoms with Crippen molar-refractivity contribution in [3.05, 3.63) is 112 Å². The Labute approximate surface area is 226 Å². The molecule has 0 atom stereocenters. The van der Waals surface area contributed by atoms with Crippen LogP contribution >= 0.6 is 0 Å². The number of unbranched alkanes of at least 4 members (excludes halogenated alkanes) is 4. The van der Waals surface area contributed by atoms with Crippen molar-refractivity contribution in [2.75, 3.05) is 6.61 Å². The predicted molar refractivity (Wildman–Crippen MR) is 146 cm³/mol. The first-order chi connectivity index (χ1) is 18.9. The predicted octanol–water partition coefficient (Wildman–Crippen LogP) is 9.45. The van der Waals surface area contributed by atoms with E-state index < -0.39 is 23.3 Å².